The Bertz CT molecular complexity index is 192. The summed E-state index contributed by atoms with van der Waals surface area (Å²) in [5.74, 6) is -1.65. The van der Waals surface area contributed by atoms with Crippen LogP contribution in [0.4, 0.5) is 0 Å². The van der Waals surface area contributed by atoms with E-state index in [-0.39, 0.29) is 17.1 Å². The summed E-state index contributed by atoms with van der Waals surface area (Å²) in [7, 11) is 0. The molecular weight excluding hydrogens is 260 g/mol. The maximum absolute atomic E-state index is 10.0. The largest absolute Gasteiger partial charge is 0.481 e. The van der Waals surface area contributed by atoms with Gasteiger partial charge in [-0.3, -0.25) is 4.79 Å². The first-order chi connectivity index (χ1) is 7.04. The number of aliphatic carboxylic acids is 2. The van der Waals surface area contributed by atoms with Crippen molar-refractivity contribution in [3.63, 3.8) is 0 Å². The third-order valence-corrected chi connectivity index (χ3v) is 1.67. The zero-order chi connectivity index (χ0) is 12.1. The number of carbonyl (C=O) groups is 2. The first-order valence-corrected chi connectivity index (χ1v) is 5.11. The van der Waals surface area contributed by atoms with Crippen molar-refractivity contribution in [1.29, 1.82) is 0 Å². The van der Waals surface area contributed by atoms with E-state index in [0.29, 0.717) is 6.42 Å². The van der Waals surface area contributed by atoms with E-state index in [9.17, 15) is 9.59 Å². The van der Waals surface area contributed by atoms with Crippen LogP contribution in [-0.2, 0) is 26.7 Å². The Kier molecular flexibility index (Phi) is 21.4. The van der Waals surface area contributed by atoms with Gasteiger partial charge in [-0.05, 0) is 6.42 Å². The molecule has 0 bridgehead atoms. The molecule has 5 heteroatoms. The summed E-state index contributed by atoms with van der Waals surface area (Å²) in [6.07, 6.45) is 6.72. The number of carboxylic acid groups (broad SMARTS) is 2. The molecule has 0 aliphatic rings. The van der Waals surface area contributed by atoms with Crippen molar-refractivity contribution in [1.82, 2.24) is 0 Å². The molecule has 0 aliphatic heterocycles. The Hall–Kier alpha value is -0.801. The molecule has 16 heavy (non-hydrogen) atoms. The second-order valence-electron chi connectivity index (χ2n) is 3.10. The minimum atomic E-state index is -0.981. The van der Waals surface area contributed by atoms with Gasteiger partial charge in [0.2, 0.25) is 0 Å². The van der Waals surface area contributed by atoms with Gasteiger partial charge in [-0.25, -0.2) is 4.79 Å². The number of carboxylic acids is 2. The van der Waals surface area contributed by atoms with Crippen molar-refractivity contribution in [2.75, 3.05) is 0 Å². The van der Waals surface area contributed by atoms with E-state index in [1.54, 1.807) is 0 Å². The Morgan fingerprint density at radius 1 is 1.12 bits per heavy atom. The van der Waals surface area contributed by atoms with Crippen LogP contribution >= 0.6 is 0 Å². The predicted octanol–water partition coefficient (Wildman–Crippen LogP) is 2.69. The van der Waals surface area contributed by atoms with Gasteiger partial charge in [-0.2, -0.15) is 0 Å². The van der Waals surface area contributed by atoms with Gasteiger partial charge in [0.1, 0.15) is 0 Å². The molecule has 0 saturated carbocycles. The fraction of sp³-hybridized carbons (Fsp3) is 0.636. The molecule has 0 unspecified atom stereocenters. The normalized spacial score (nSPS) is 8.06. The van der Waals surface area contributed by atoms with E-state index in [4.69, 9.17) is 10.2 Å². The van der Waals surface area contributed by atoms with Crippen LogP contribution in [0.15, 0.2) is 12.7 Å². The fourth-order valence-corrected chi connectivity index (χ4v) is 0.880. The summed E-state index contributed by atoms with van der Waals surface area (Å²) in [4.78, 5) is 19.3. The molecule has 0 aliphatic carbocycles. The standard InChI is InChI=1S/C8H16O2.C3H4O2.Cu/c1-2-3-4-5-6-7-8(9)10;1-2-3(4)5;/h2-7H2,1H3,(H,9,10);2H,1H2,(H,4,5);. The molecular formula is C11H20CuO4. The summed E-state index contributed by atoms with van der Waals surface area (Å²) >= 11 is 0. The molecule has 0 aromatic heterocycles. The fourth-order valence-electron chi connectivity index (χ4n) is 0.880. The SMILES string of the molecule is C=CC(=O)O.CCCCCCCC(=O)O.[Cu]. The molecule has 0 aromatic rings. The molecule has 2 N–H and O–H groups in total. The number of hydrogen-bond donors (Lipinski definition) is 2. The van der Waals surface area contributed by atoms with Gasteiger partial charge in [0, 0.05) is 29.6 Å². The van der Waals surface area contributed by atoms with Crippen LogP contribution in [0.1, 0.15) is 45.4 Å². The topological polar surface area (TPSA) is 74.6 Å². The smallest absolute Gasteiger partial charge is 0.327 e. The van der Waals surface area contributed by atoms with Crippen LogP contribution in [0.3, 0.4) is 0 Å². The van der Waals surface area contributed by atoms with Crippen molar-refractivity contribution in [3.05, 3.63) is 12.7 Å². The second kappa shape index (κ2) is 16.6. The molecule has 0 spiro atoms. The summed E-state index contributed by atoms with van der Waals surface area (Å²) in [5.41, 5.74) is 0. The first kappa shape index (κ1) is 20.6. The van der Waals surface area contributed by atoms with Gasteiger partial charge in [-0.1, -0.05) is 39.2 Å². The zero-order valence-corrected chi connectivity index (χ0v) is 10.5. The van der Waals surface area contributed by atoms with Gasteiger partial charge in [0.25, 0.3) is 0 Å². The maximum Gasteiger partial charge on any atom is 0.327 e. The van der Waals surface area contributed by atoms with Gasteiger partial charge in [0.15, 0.2) is 0 Å². The molecule has 99 valence electrons. The molecule has 0 atom stereocenters. The van der Waals surface area contributed by atoms with Crippen LogP contribution in [0.2, 0.25) is 0 Å². The average Bonchev–Trinajstić information content (AvgIpc) is 2.18. The summed E-state index contributed by atoms with van der Waals surface area (Å²) in [6.45, 7) is 5.11. The molecule has 0 heterocycles. The van der Waals surface area contributed by atoms with Crippen LogP contribution in [0.5, 0.6) is 0 Å². The van der Waals surface area contributed by atoms with E-state index in [1.165, 1.54) is 19.3 Å². The van der Waals surface area contributed by atoms with E-state index < -0.39 is 11.9 Å². The van der Waals surface area contributed by atoms with E-state index in [2.05, 4.69) is 13.5 Å². The van der Waals surface area contributed by atoms with Gasteiger partial charge in [0.05, 0.1) is 0 Å². The van der Waals surface area contributed by atoms with Crippen LogP contribution in [0.25, 0.3) is 0 Å². The summed E-state index contributed by atoms with van der Waals surface area (Å²) in [6, 6.07) is 0. The quantitative estimate of drug-likeness (QED) is 0.427. The Morgan fingerprint density at radius 2 is 1.56 bits per heavy atom. The van der Waals surface area contributed by atoms with Crippen molar-refractivity contribution in [2.45, 2.75) is 45.4 Å². The van der Waals surface area contributed by atoms with E-state index >= 15 is 0 Å². The predicted molar refractivity (Wildman–Crippen MR) is 58.8 cm³/mol. The summed E-state index contributed by atoms with van der Waals surface area (Å²) < 4.78 is 0. The van der Waals surface area contributed by atoms with Gasteiger partial charge in [-0.15, -0.1) is 0 Å². The van der Waals surface area contributed by atoms with Crippen molar-refractivity contribution in [2.24, 2.45) is 0 Å². The van der Waals surface area contributed by atoms with E-state index in [0.717, 1.165) is 18.9 Å². The van der Waals surface area contributed by atoms with Crippen molar-refractivity contribution < 1.29 is 36.9 Å². The maximum atomic E-state index is 10.0. The second-order valence-corrected chi connectivity index (χ2v) is 3.10. The minimum absolute atomic E-state index is 0. The Labute approximate surface area is 107 Å². The zero-order valence-electron chi connectivity index (χ0n) is 9.54. The summed E-state index contributed by atoms with van der Waals surface area (Å²) in [5, 5.41) is 15.9. The van der Waals surface area contributed by atoms with E-state index in [1.807, 2.05) is 0 Å². The molecule has 1 radical (unpaired) electrons. The monoisotopic (exact) mass is 279 g/mol. The number of unbranched alkanes of at least 4 members (excludes halogenated alkanes) is 4. The number of hydrogen-bond acceptors (Lipinski definition) is 2. The van der Waals surface area contributed by atoms with Gasteiger partial charge < -0.3 is 10.2 Å². The molecule has 0 amide bonds. The van der Waals surface area contributed by atoms with Crippen LogP contribution in [-0.4, -0.2) is 22.2 Å². The molecule has 0 rings (SSSR count). The molecule has 0 aromatic carbocycles. The molecule has 4 nitrogen and oxygen atoms in total. The van der Waals surface area contributed by atoms with Crippen LogP contribution in [0, 0.1) is 0 Å². The van der Waals surface area contributed by atoms with Crippen molar-refractivity contribution >= 4 is 11.9 Å². The molecule has 0 saturated heterocycles. The van der Waals surface area contributed by atoms with Crippen molar-refractivity contribution in [3.8, 4) is 0 Å². The van der Waals surface area contributed by atoms with Crippen LogP contribution < -0.4 is 0 Å². The van der Waals surface area contributed by atoms with Gasteiger partial charge >= 0.3 is 11.9 Å². The number of rotatable bonds is 7. The minimum Gasteiger partial charge on any atom is -0.481 e. The average molecular weight is 280 g/mol. The Morgan fingerprint density at radius 3 is 1.88 bits per heavy atom. The Balaban J connectivity index is -0.000000242. The third kappa shape index (κ3) is 29.2. The molecule has 0 fully saturated rings. The third-order valence-electron chi connectivity index (χ3n) is 1.67. The first-order valence-electron chi connectivity index (χ1n) is 5.11.